The third kappa shape index (κ3) is 3.72. The molecule has 3 rings (SSSR count). The molecule has 0 radical (unpaired) electrons. The number of halogens is 2. The summed E-state index contributed by atoms with van der Waals surface area (Å²) in [6.45, 7) is 2.15. The van der Waals surface area contributed by atoms with E-state index in [4.69, 9.17) is 23.2 Å². The Morgan fingerprint density at radius 3 is 2.29 bits per heavy atom. The van der Waals surface area contributed by atoms with Crippen molar-refractivity contribution in [2.24, 2.45) is 0 Å². The van der Waals surface area contributed by atoms with E-state index in [1.807, 2.05) is 24.3 Å². The summed E-state index contributed by atoms with van der Waals surface area (Å²) < 4.78 is 0. The summed E-state index contributed by atoms with van der Waals surface area (Å²) >= 11 is 12.2. The highest BCUT2D eigenvalue weighted by atomic mass is 35.5. The summed E-state index contributed by atoms with van der Waals surface area (Å²) in [4.78, 5) is 0. The lowest BCUT2D eigenvalue weighted by atomic mass is 9.96. The molecule has 3 aromatic carbocycles. The van der Waals surface area contributed by atoms with E-state index in [-0.39, 0.29) is 0 Å². The van der Waals surface area contributed by atoms with Gasteiger partial charge in [0, 0.05) is 10.9 Å². The molecule has 0 N–H and O–H groups in total. The van der Waals surface area contributed by atoms with Crippen molar-refractivity contribution in [1.29, 1.82) is 0 Å². The fourth-order valence-electron chi connectivity index (χ4n) is 2.73. The largest absolute Gasteiger partial charge is 0.122 e. The van der Waals surface area contributed by atoms with Crippen LogP contribution < -0.4 is 0 Å². The van der Waals surface area contributed by atoms with Crippen LogP contribution in [-0.2, 0) is 5.88 Å². The summed E-state index contributed by atoms with van der Waals surface area (Å²) in [5.74, 6) is 0.474. The van der Waals surface area contributed by atoms with Gasteiger partial charge in [-0.3, -0.25) is 0 Å². The number of hydrogen-bond donors (Lipinski definition) is 0. The SMILES string of the molecule is Cc1c(/C=C/c2ccc(CCl)cc2Cl)cccc1-c1ccccc1. The Kier molecular flexibility index (Phi) is 5.40. The van der Waals surface area contributed by atoms with Crippen LogP contribution in [0.15, 0.2) is 66.7 Å². The van der Waals surface area contributed by atoms with Crippen LogP contribution in [0.2, 0.25) is 5.02 Å². The van der Waals surface area contributed by atoms with Crippen molar-refractivity contribution in [3.8, 4) is 11.1 Å². The second-order valence-corrected chi connectivity index (χ2v) is 6.38. The van der Waals surface area contributed by atoms with Gasteiger partial charge in [-0.25, -0.2) is 0 Å². The number of benzene rings is 3. The standard InChI is InChI=1S/C22H18Cl2/c1-16-18(8-5-9-21(16)19-6-3-2-4-7-19)12-13-20-11-10-17(15-23)14-22(20)24/h2-14H,15H2,1H3/b13-12+. The van der Waals surface area contributed by atoms with Crippen molar-refractivity contribution < 1.29 is 0 Å². The fourth-order valence-corrected chi connectivity index (χ4v) is 3.17. The molecule has 0 saturated carbocycles. The Bertz CT molecular complexity index is 864. The Balaban J connectivity index is 1.94. The predicted molar refractivity (Wildman–Crippen MR) is 107 cm³/mol. The highest BCUT2D eigenvalue weighted by Gasteiger charge is 2.04. The van der Waals surface area contributed by atoms with E-state index in [1.54, 1.807) is 0 Å². The Morgan fingerprint density at radius 1 is 0.833 bits per heavy atom. The maximum absolute atomic E-state index is 6.33. The molecule has 0 aliphatic carbocycles. The highest BCUT2D eigenvalue weighted by Crippen LogP contribution is 2.27. The van der Waals surface area contributed by atoms with E-state index in [0.717, 1.165) is 16.1 Å². The lowest BCUT2D eigenvalue weighted by molar-refractivity contribution is 1.40. The summed E-state index contributed by atoms with van der Waals surface area (Å²) in [6, 6.07) is 22.7. The molecule has 0 aliphatic heterocycles. The second kappa shape index (κ2) is 7.70. The topological polar surface area (TPSA) is 0 Å². The van der Waals surface area contributed by atoms with Crippen LogP contribution >= 0.6 is 23.2 Å². The molecule has 0 bridgehead atoms. The van der Waals surface area contributed by atoms with Crippen molar-refractivity contribution in [3.05, 3.63) is 94.0 Å². The van der Waals surface area contributed by atoms with Crippen LogP contribution in [-0.4, -0.2) is 0 Å². The van der Waals surface area contributed by atoms with Crippen LogP contribution in [0.4, 0.5) is 0 Å². The van der Waals surface area contributed by atoms with E-state index < -0.39 is 0 Å². The summed E-state index contributed by atoms with van der Waals surface area (Å²) in [7, 11) is 0. The van der Waals surface area contributed by atoms with E-state index in [9.17, 15) is 0 Å². The molecule has 0 amide bonds. The van der Waals surface area contributed by atoms with Gasteiger partial charge in [0.25, 0.3) is 0 Å². The molecule has 120 valence electrons. The molecule has 0 atom stereocenters. The molecule has 0 aromatic heterocycles. The van der Waals surface area contributed by atoms with Gasteiger partial charge in [-0.1, -0.05) is 84.4 Å². The van der Waals surface area contributed by atoms with Crippen LogP contribution in [0, 0.1) is 6.92 Å². The molecule has 3 aromatic rings. The zero-order chi connectivity index (χ0) is 16.9. The molecule has 0 spiro atoms. The van der Waals surface area contributed by atoms with E-state index in [2.05, 4.69) is 61.5 Å². The van der Waals surface area contributed by atoms with Crippen LogP contribution in [0.25, 0.3) is 23.3 Å². The second-order valence-electron chi connectivity index (χ2n) is 5.71. The molecular weight excluding hydrogens is 335 g/mol. The van der Waals surface area contributed by atoms with Gasteiger partial charge >= 0.3 is 0 Å². The van der Waals surface area contributed by atoms with Gasteiger partial charge in [0.15, 0.2) is 0 Å². The highest BCUT2D eigenvalue weighted by molar-refractivity contribution is 6.32. The molecule has 0 nitrogen and oxygen atoms in total. The molecule has 2 heteroatoms. The first-order chi connectivity index (χ1) is 11.7. The molecule has 0 unspecified atom stereocenters. The lowest BCUT2D eigenvalue weighted by Crippen LogP contribution is -1.87. The number of hydrogen-bond acceptors (Lipinski definition) is 0. The van der Waals surface area contributed by atoms with E-state index >= 15 is 0 Å². The van der Waals surface area contributed by atoms with Crippen LogP contribution in [0.5, 0.6) is 0 Å². The number of alkyl halides is 1. The first-order valence-electron chi connectivity index (χ1n) is 7.86. The average molecular weight is 353 g/mol. The molecule has 0 aliphatic rings. The van der Waals surface area contributed by atoms with Gasteiger partial charge in [0.1, 0.15) is 0 Å². The molecule has 0 heterocycles. The predicted octanol–water partition coefficient (Wildman–Crippen LogP) is 7.22. The minimum absolute atomic E-state index is 0.474. The molecule has 0 fully saturated rings. The number of rotatable bonds is 4. The quantitative estimate of drug-likeness (QED) is 0.343. The third-order valence-electron chi connectivity index (χ3n) is 4.12. The zero-order valence-corrected chi connectivity index (χ0v) is 15.0. The van der Waals surface area contributed by atoms with Crippen molar-refractivity contribution in [2.45, 2.75) is 12.8 Å². The third-order valence-corrected chi connectivity index (χ3v) is 4.76. The maximum Gasteiger partial charge on any atom is 0.0481 e. The van der Waals surface area contributed by atoms with E-state index in [1.165, 1.54) is 22.3 Å². The van der Waals surface area contributed by atoms with Gasteiger partial charge in [0.05, 0.1) is 0 Å². The first-order valence-corrected chi connectivity index (χ1v) is 8.78. The first kappa shape index (κ1) is 16.8. The normalized spacial score (nSPS) is 11.1. The van der Waals surface area contributed by atoms with Gasteiger partial charge in [0.2, 0.25) is 0 Å². The van der Waals surface area contributed by atoms with Gasteiger partial charge in [-0.05, 0) is 46.4 Å². The summed E-state index contributed by atoms with van der Waals surface area (Å²) in [5.41, 5.74) is 6.95. The Morgan fingerprint density at radius 2 is 1.58 bits per heavy atom. The van der Waals surface area contributed by atoms with Crippen molar-refractivity contribution in [1.82, 2.24) is 0 Å². The van der Waals surface area contributed by atoms with Gasteiger partial charge in [-0.15, -0.1) is 11.6 Å². The average Bonchev–Trinajstić information content (AvgIpc) is 2.62. The van der Waals surface area contributed by atoms with E-state index in [0.29, 0.717) is 5.88 Å². The van der Waals surface area contributed by atoms with Crippen LogP contribution in [0.1, 0.15) is 22.3 Å². The Hall–Kier alpha value is -2.02. The summed E-state index contributed by atoms with van der Waals surface area (Å²) in [6.07, 6.45) is 4.17. The van der Waals surface area contributed by atoms with Gasteiger partial charge in [-0.2, -0.15) is 0 Å². The summed E-state index contributed by atoms with van der Waals surface area (Å²) in [5, 5.41) is 0.723. The van der Waals surface area contributed by atoms with Crippen LogP contribution in [0.3, 0.4) is 0 Å². The zero-order valence-electron chi connectivity index (χ0n) is 13.5. The van der Waals surface area contributed by atoms with Gasteiger partial charge < -0.3 is 0 Å². The molecule has 0 saturated heterocycles. The maximum atomic E-state index is 6.33. The molecule has 24 heavy (non-hydrogen) atoms. The minimum atomic E-state index is 0.474. The fraction of sp³-hybridized carbons (Fsp3) is 0.0909. The molecular formula is C22H18Cl2. The monoisotopic (exact) mass is 352 g/mol. The van der Waals surface area contributed by atoms with Crippen molar-refractivity contribution in [2.75, 3.05) is 0 Å². The lowest BCUT2D eigenvalue weighted by Gasteiger charge is -2.09. The Labute approximate surface area is 153 Å². The minimum Gasteiger partial charge on any atom is -0.122 e. The van der Waals surface area contributed by atoms with Crippen molar-refractivity contribution >= 4 is 35.4 Å². The smallest absolute Gasteiger partial charge is 0.0481 e. The van der Waals surface area contributed by atoms with Crippen molar-refractivity contribution in [3.63, 3.8) is 0 Å².